The van der Waals surface area contributed by atoms with Crippen LogP contribution in [0.15, 0.2) is 4.34 Å². The molecule has 0 aliphatic heterocycles. The highest BCUT2D eigenvalue weighted by Crippen LogP contribution is 2.26. The van der Waals surface area contributed by atoms with E-state index in [0.717, 1.165) is 21.8 Å². The third kappa shape index (κ3) is 5.23. The van der Waals surface area contributed by atoms with Crippen molar-refractivity contribution in [3.63, 3.8) is 0 Å². The van der Waals surface area contributed by atoms with Gasteiger partial charge in [-0.25, -0.2) is 0 Å². The quantitative estimate of drug-likeness (QED) is 0.610. The normalized spacial score (nSPS) is 13.1. The summed E-state index contributed by atoms with van der Waals surface area (Å²) < 4.78 is 1.05. The molecule has 0 bridgehead atoms. The summed E-state index contributed by atoms with van der Waals surface area (Å²) in [6, 6.07) is 0.572. The molecule has 98 valence electrons. The molecule has 1 heterocycles. The van der Waals surface area contributed by atoms with Crippen molar-refractivity contribution in [3.05, 3.63) is 0 Å². The van der Waals surface area contributed by atoms with Crippen LogP contribution in [0.2, 0.25) is 0 Å². The van der Waals surface area contributed by atoms with Gasteiger partial charge in [0.1, 0.15) is 0 Å². The Hall–Kier alpha value is -0.330. The van der Waals surface area contributed by atoms with Gasteiger partial charge in [0.05, 0.1) is 0 Å². The third-order valence-electron chi connectivity index (χ3n) is 2.57. The molecule has 0 saturated carbocycles. The van der Waals surface area contributed by atoms with Crippen LogP contribution in [-0.2, 0) is 0 Å². The summed E-state index contributed by atoms with van der Waals surface area (Å²) in [7, 11) is 3.97. The first-order chi connectivity index (χ1) is 8.00. The molecule has 0 amide bonds. The van der Waals surface area contributed by atoms with Crippen LogP contribution in [0.25, 0.3) is 0 Å². The molecule has 1 rings (SSSR count). The minimum Gasteiger partial charge on any atom is -0.353 e. The summed E-state index contributed by atoms with van der Waals surface area (Å²) in [6.45, 7) is 7.71. The predicted octanol–water partition coefficient (Wildman–Crippen LogP) is 2.33. The van der Waals surface area contributed by atoms with E-state index in [9.17, 15) is 0 Å². The number of thioether (sulfide) groups is 1. The number of rotatable bonds is 7. The molecule has 0 spiro atoms. The summed E-state index contributed by atoms with van der Waals surface area (Å²) in [5, 5.41) is 12.7. The van der Waals surface area contributed by atoms with Crippen LogP contribution in [0.1, 0.15) is 20.8 Å². The lowest BCUT2D eigenvalue weighted by Gasteiger charge is -2.16. The molecule has 17 heavy (non-hydrogen) atoms. The number of anilines is 1. The minimum atomic E-state index is 0.572. The molecule has 0 aromatic carbocycles. The van der Waals surface area contributed by atoms with E-state index in [1.165, 1.54) is 0 Å². The van der Waals surface area contributed by atoms with E-state index in [0.29, 0.717) is 12.0 Å². The lowest BCUT2D eigenvalue weighted by Crippen LogP contribution is -2.32. The zero-order valence-corrected chi connectivity index (χ0v) is 12.9. The predicted molar refractivity (Wildman–Crippen MR) is 77.3 cm³/mol. The Balaban J connectivity index is 2.22. The van der Waals surface area contributed by atoms with Gasteiger partial charge < -0.3 is 10.2 Å². The van der Waals surface area contributed by atoms with Crippen molar-refractivity contribution in [2.24, 2.45) is 5.92 Å². The molecular weight excluding hydrogens is 252 g/mol. The van der Waals surface area contributed by atoms with Gasteiger partial charge in [0, 0.05) is 32.4 Å². The smallest absolute Gasteiger partial charge is 0.208 e. The molecule has 0 aliphatic rings. The van der Waals surface area contributed by atoms with E-state index >= 15 is 0 Å². The number of aromatic nitrogens is 2. The molecule has 0 fully saturated rings. The van der Waals surface area contributed by atoms with Crippen LogP contribution in [-0.4, -0.2) is 42.6 Å². The van der Waals surface area contributed by atoms with Crippen LogP contribution in [0.4, 0.5) is 5.13 Å². The van der Waals surface area contributed by atoms with Crippen molar-refractivity contribution in [2.75, 3.05) is 31.3 Å². The Morgan fingerprint density at radius 1 is 1.29 bits per heavy atom. The Bertz CT molecular complexity index is 325. The number of nitrogens with one attached hydrogen (secondary N) is 1. The summed E-state index contributed by atoms with van der Waals surface area (Å²) in [5.74, 6) is 1.72. The molecule has 4 nitrogen and oxygen atoms in total. The van der Waals surface area contributed by atoms with Gasteiger partial charge >= 0.3 is 0 Å². The summed E-state index contributed by atoms with van der Waals surface area (Å²) >= 11 is 3.41. The Kier molecular flexibility index (Phi) is 6.22. The second kappa shape index (κ2) is 7.18. The fraction of sp³-hybridized carbons (Fsp3) is 0.818. The van der Waals surface area contributed by atoms with Crippen LogP contribution < -0.4 is 10.2 Å². The van der Waals surface area contributed by atoms with E-state index in [4.69, 9.17) is 0 Å². The number of hydrogen-bond donors (Lipinski definition) is 1. The fourth-order valence-electron chi connectivity index (χ4n) is 1.10. The first-order valence-electron chi connectivity index (χ1n) is 5.87. The van der Waals surface area contributed by atoms with Gasteiger partial charge in [-0.05, 0) is 12.8 Å². The number of hydrogen-bond acceptors (Lipinski definition) is 6. The maximum Gasteiger partial charge on any atom is 0.208 e. The molecule has 1 aromatic rings. The average molecular weight is 274 g/mol. The molecule has 1 unspecified atom stereocenters. The number of nitrogens with zero attached hydrogens (tertiary/aromatic N) is 3. The molecular formula is C11H22N4S2. The van der Waals surface area contributed by atoms with E-state index in [1.54, 1.807) is 23.1 Å². The van der Waals surface area contributed by atoms with Gasteiger partial charge in [0.2, 0.25) is 5.13 Å². The van der Waals surface area contributed by atoms with Crippen molar-refractivity contribution < 1.29 is 0 Å². The highest BCUT2D eigenvalue weighted by atomic mass is 32.2. The topological polar surface area (TPSA) is 41.1 Å². The van der Waals surface area contributed by atoms with Crippen molar-refractivity contribution in [3.8, 4) is 0 Å². The van der Waals surface area contributed by atoms with E-state index < -0.39 is 0 Å². The molecule has 0 saturated heterocycles. The lowest BCUT2D eigenvalue weighted by molar-refractivity contribution is 0.438. The minimum absolute atomic E-state index is 0.572. The second-order valence-electron chi connectivity index (χ2n) is 4.58. The standard InChI is InChI=1S/C11H22N4S2/c1-8(2)9(3)12-6-7-16-11-14-13-10(17-11)15(4)5/h8-9,12H,6-7H2,1-5H3. The molecule has 6 heteroatoms. The largest absolute Gasteiger partial charge is 0.353 e. The first-order valence-corrected chi connectivity index (χ1v) is 7.68. The SMILES string of the molecule is CC(C)C(C)NCCSc1nnc(N(C)C)s1. The zero-order chi connectivity index (χ0) is 12.8. The molecule has 0 radical (unpaired) electrons. The fourth-order valence-corrected chi connectivity index (χ4v) is 2.81. The first kappa shape index (κ1) is 14.7. The zero-order valence-electron chi connectivity index (χ0n) is 11.2. The van der Waals surface area contributed by atoms with E-state index in [-0.39, 0.29) is 0 Å². The summed E-state index contributed by atoms with van der Waals surface area (Å²) in [4.78, 5) is 1.99. The van der Waals surface area contributed by atoms with Crippen molar-refractivity contribution >= 4 is 28.2 Å². The van der Waals surface area contributed by atoms with Gasteiger partial charge in [-0.1, -0.05) is 36.9 Å². The van der Waals surface area contributed by atoms with E-state index in [2.05, 4.69) is 36.3 Å². The van der Waals surface area contributed by atoms with Gasteiger partial charge in [-0.3, -0.25) is 0 Å². The van der Waals surface area contributed by atoms with Crippen LogP contribution in [0.5, 0.6) is 0 Å². The highest BCUT2D eigenvalue weighted by Gasteiger charge is 2.07. The second-order valence-corrected chi connectivity index (χ2v) is 6.88. The van der Waals surface area contributed by atoms with Crippen molar-refractivity contribution in [1.29, 1.82) is 0 Å². The van der Waals surface area contributed by atoms with Crippen LogP contribution in [0.3, 0.4) is 0 Å². The molecule has 1 N–H and O–H groups in total. The van der Waals surface area contributed by atoms with Crippen LogP contribution in [0, 0.1) is 5.92 Å². The van der Waals surface area contributed by atoms with E-state index in [1.807, 2.05) is 19.0 Å². The molecule has 1 atom stereocenters. The lowest BCUT2D eigenvalue weighted by atomic mass is 10.1. The van der Waals surface area contributed by atoms with Crippen molar-refractivity contribution in [1.82, 2.24) is 15.5 Å². The Morgan fingerprint density at radius 3 is 2.53 bits per heavy atom. The van der Waals surface area contributed by atoms with Gasteiger partial charge in [-0.2, -0.15) is 0 Å². The Labute approximate surface area is 112 Å². The maximum atomic E-state index is 4.15. The monoisotopic (exact) mass is 274 g/mol. The third-order valence-corrected chi connectivity index (χ3v) is 4.80. The average Bonchev–Trinajstić information content (AvgIpc) is 2.72. The molecule has 1 aromatic heterocycles. The summed E-state index contributed by atoms with van der Waals surface area (Å²) in [5.41, 5.74) is 0. The van der Waals surface area contributed by atoms with Crippen LogP contribution >= 0.6 is 23.1 Å². The Morgan fingerprint density at radius 2 is 2.00 bits per heavy atom. The maximum absolute atomic E-state index is 4.15. The molecule has 0 aliphatic carbocycles. The highest BCUT2D eigenvalue weighted by molar-refractivity contribution is 8.01. The van der Waals surface area contributed by atoms with Gasteiger partial charge in [-0.15, -0.1) is 10.2 Å². The van der Waals surface area contributed by atoms with Gasteiger partial charge in [0.15, 0.2) is 4.34 Å². The van der Waals surface area contributed by atoms with Crippen molar-refractivity contribution in [2.45, 2.75) is 31.2 Å². The van der Waals surface area contributed by atoms with Gasteiger partial charge in [0.25, 0.3) is 0 Å². The summed E-state index contributed by atoms with van der Waals surface area (Å²) in [6.07, 6.45) is 0.